The van der Waals surface area contributed by atoms with Crippen LogP contribution in [0.5, 0.6) is 17.2 Å². The number of nitrogens with one attached hydrogen (secondary N) is 1. The van der Waals surface area contributed by atoms with Gasteiger partial charge in [0.05, 0.1) is 27.0 Å². The van der Waals surface area contributed by atoms with Gasteiger partial charge in [-0.05, 0) is 66.8 Å². The van der Waals surface area contributed by atoms with E-state index < -0.39 is 0 Å². The molecule has 188 valence electrons. The maximum atomic E-state index is 12.5. The molecule has 1 fully saturated rings. The molecule has 8 nitrogen and oxygen atoms in total. The van der Waals surface area contributed by atoms with Crippen LogP contribution in [-0.4, -0.2) is 50.5 Å². The van der Waals surface area contributed by atoms with Crippen LogP contribution in [0, 0.1) is 5.92 Å². The highest BCUT2D eigenvalue weighted by atomic mass is 16.5. The zero-order valence-electron chi connectivity index (χ0n) is 21.2. The molecule has 36 heavy (non-hydrogen) atoms. The molecule has 0 atom stereocenters. The second kappa shape index (κ2) is 11.6. The molecular formula is C28H32N4O4. The third kappa shape index (κ3) is 5.94. The number of piperidine rings is 1. The van der Waals surface area contributed by atoms with E-state index in [1.807, 2.05) is 36.4 Å². The van der Waals surface area contributed by atoms with Crippen molar-refractivity contribution in [2.75, 3.05) is 44.6 Å². The van der Waals surface area contributed by atoms with Gasteiger partial charge in [-0.1, -0.05) is 19.1 Å². The van der Waals surface area contributed by atoms with Crippen LogP contribution in [0.1, 0.15) is 25.3 Å². The molecule has 1 aromatic heterocycles. The van der Waals surface area contributed by atoms with Crippen LogP contribution in [0.2, 0.25) is 0 Å². The number of carbonyl (C=O) groups excluding carboxylic acids is 1. The number of rotatable bonds is 8. The van der Waals surface area contributed by atoms with E-state index in [4.69, 9.17) is 14.2 Å². The van der Waals surface area contributed by atoms with Crippen LogP contribution >= 0.6 is 0 Å². The Balaban J connectivity index is 1.38. The highest BCUT2D eigenvalue weighted by Gasteiger charge is 2.17. The predicted octanol–water partition coefficient (Wildman–Crippen LogP) is 5.06. The number of nitrogens with zero attached hydrogens (tertiary/aromatic N) is 3. The van der Waals surface area contributed by atoms with Crippen molar-refractivity contribution in [3.8, 4) is 28.5 Å². The number of aromatic nitrogens is 2. The highest BCUT2D eigenvalue weighted by Crippen LogP contribution is 2.38. The zero-order valence-corrected chi connectivity index (χ0v) is 21.2. The minimum atomic E-state index is -0.253. The van der Waals surface area contributed by atoms with Crippen LogP contribution in [-0.2, 0) is 4.79 Å². The lowest BCUT2D eigenvalue weighted by atomic mass is 9.99. The third-order valence-electron chi connectivity index (χ3n) is 6.32. The lowest BCUT2D eigenvalue weighted by Crippen LogP contribution is -2.33. The van der Waals surface area contributed by atoms with Crippen molar-refractivity contribution < 1.29 is 19.0 Å². The smallest absolute Gasteiger partial charge is 0.248 e. The molecule has 0 aliphatic carbocycles. The minimum Gasteiger partial charge on any atom is -0.493 e. The molecule has 4 rings (SSSR count). The summed E-state index contributed by atoms with van der Waals surface area (Å²) in [6, 6.07) is 15.1. The molecule has 2 aromatic carbocycles. The van der Waals surface area contributed by atoms with Crippen molar-refractivity contribution in [2.24, 2.45) is 5.92 Å². The molecule has 0 radical (unpaired) electrons. The Kier molecular flexibility index (Phi) is 8.05. The summed E-state index contributed by atoms with van der Waals surface area (Å²) < 4.78 is 16.1. The number of methoxy groups -OCH3 is 3. The van der Waals surface area contributed by atoms with Gasteiger partial charge < -0.3 is 24.4 Å². The minimum absolute atomic E-state index is 0.253. The van der Waals surface area contributed by atoms with Gasteiger partial charge in [0.15, 0.2) is 17.3 Å². The Hall–Kier alpha value is -4.07. The van der Waals surface area contributed by atoms with Gasteiger partial charge in [0.1, 0.15) is 0 Å². The lowest BCUT2D eigenvalue weighted by molar-refractivity contribution is -0.111. The number of hydrogen-bond donors (Lipinski definition) is 1. The maximum absolute atomic E-state index is 12.5. The van der Waals surface area contributed by atoms with E-state index in [9.17, 15) is 4.79 Å². The third-order valence-corrected chi connectivity index (χ3v) is 6.32. The average Bonchev–Trinajstić information content (AvgIpc) is 2.92. The van der Waals surface area contributed by atoms with E-state index in [2.05, 4.69) is 27.3 Å². The van der Waals surface area contributed by atoms with Crippen molar-refractivity contribution in [1.82, 2.24) is 10.2 Å². The number of benzene rings is 2. The first-order valence-electron chi connectivity index (χ1n) is 12.0. The molecule has 8 heteroatoms. The van der Waals surface area contributed by atoms with Crippen LogP contribution in [0.15, 0.2) is 54.6 Å². The van der Waals surface area contributed by atoms with E-state index >= 15 is 0 Å². The molecule has 0 saturated carbocycles. The van der Waals surface area contributed by atoms with Crippen LogP contribution in [0.3, 0.4) is 0 Å². The van der Waals surface area contributed by atoms with Gasteiger partial charge in [-0.15, -0.1) is 10.2 Å². The van der Waals surface area contributed by atoms with E-state index in [-0.39, 0.29) is 5.91 Å². The number of carbonyl (C=O) groups is 1. The summed E-state index contributed by atoms with van der Waals surface area (Å²) in [4.78, 5) is 14.8. The van der Waals surface area contributed by atoms with Crippen molar-refractivity contribution in [1.29, 1.82) is 0 Å². The van der Waals surface area contributed by atoms with Crippen molar-refractivity contribution in [3.05, 3.63) is 60.2 Å². The van der Waals surface area contributed by atoms with Crippen molar-refractivity contribution >= 4 is 23.5 Å². The number of ether oxygens (including phenoxy) is 3. The first-order valence-corrected chi connectivity index (χ1v) is 12.0. The van der Waals surface area contributed by atoms with Crippen LogP contribution in [0.25, 0.3) is 17.3 Å². The fraction of sp³-hybridized carbons (Fsp3) is 0.321. The fourth-order valence-corrected chi connectivity index (χ4v) is 4.16. The summed E-state index contributed by atoms with van der Waals surface area (Å²) in [7, 11) is 4.65. The number of anilines is 2. The van der Waals surface area contributed by atoms with Gasteiger partial charge in [-0.3, -0.25) is 4.79 Å². The SMILES string of the molecule is COc1cc(/C=C/C(=O)Nc2ccc(-c3ccc(N4CCC(C)CC4)nn3)cc2)cc(OC)c1OC. The van der Waals surface area contributed by atoms with Gasteiger partial charge in [0.25, 0.3) is 0 Å². The molecule has 0 unspecified atom stereocenters. The lowest BCUT2D eigenvalue weighted by Gasteiger charge is -2.30. The summed E-state index contributed by atoms with van der Waals surface area (Å²) in [5.41, 5.74) is 3.16. The molecule has 1 saturated heterocycles. The normalized spacial score (nSPS) is 14.1. The monoisotopic (exact) mass is 488 g/mol. The predicted molar refractivity (Wildman–Crippen MR) is 142 cm³/mol. The summed E-state index contributed by atoms with van der Waals surface area (Å²) in [6.45, 7) is 4.35. The molecule has 2 heterocycles. The van der Waals surface area contributed by atoms with Crippen LogP contribution < -0.4 is 24.4 Å². The number of amides is 1. The largest absolute Gasteiger partial charge is 0.493 e. The Labute approximate surface area is 211 Å². The van der Waals surface area contributed by atoms with Crippen LogP contribution in [0.4, 0.5) is 11.5 Å². The van der Waals surface area contributed by atoms with Gasteiger partial charge in [-0.25, -0.2) is 0 Å². The van der Waals surface area contributed by atoms with Gasteiger partial charge in [-0.2, -0.15) is 0 Å². The summed E-state index contributed by atoms with van der Waals surface area (Å²) >= 11 is 0. The molecular weight excluding hydrogens is 456 g/mol. The van der Waals surface area contributed by atoms with E-state index in [1.54, 1.807) is 39.5 Å². The molecule has 3 aromatic rings. The van der Waals surface area contributed by atoms with Gasteiger partial charge in [0, 0.05) is 30.4 Å². The van der Waals surface area contributed by atoms with Crippen molar-refractivity contribution in [3.63, 3.8) is 0 Å². The van der Waals surface area contributed by atoms with Gasteiger partial charge >= 0.3 is 0 Å². The molecule has 1 aliphatic rings. The first-order chi connectivity index (χ1) is 17.5. The molecule has 1 N–H and O–H groups in total. The van der Waals surface area contributed by atoms with E-state index in [0.29, 0.717) is 22.9 Å². The molecule has 1 amide bonds. The Morgan fingerprint density at radius 3 is 2.17 bits per heavy atom. The first kappa shape index (κ1) is 25.0. The Morgan fingerprint density at radius 2 is 1.61 bits per heavy atom. The summed E-state index contributed by atoms with van der Waals surface area (Å²) in [5, 5.41) is 11.7. The fourth-order valence-electron chi connectivity index (χ4n) is 4.16. The molecule has 0 spiro atoms. The maximum Gasteiger partial charge on any atom is 0.248 e. The molecule has 0 bridgehead atoms. The second-order valence-corrected chi connectivity index (χ2v) is 8.80. The summed E-state index contributed by atoms with van der Waals surface area (Å²) in [5.74, 6) is 2.99. The topological polar surface area (TPSA) is 85.8 Å². The van der Waals surface area contributed by atoms with Crippen molar-refractivity contribution in [2.45, 2.75) is 19.8 Å². The number of hydrogen-bond acceptors (Lipinski definition) is 7. The van der Waals surface area contributed by atoms with E-state index in [0.717, 1.165) is 41.6 Å². The Bertz CT molecular complexity index is 1180. The Morgan fingerprint density at radius 1 is 0.944 bits per heavy atom. The second-order valence-electron chi connectivity index (χ2n) is 8.80. The standard InChI is InChI=1S/C28H32N4O4/c1-19-13-15-32(16-14-19)26-11-10-23(30-31-26)21-6-8-22(9-7-21)29-27(33)12-5-20-17-24(34-2)28(36-4)25(18-20)35-3/h5-12,17-19H,13-16H2,1-4H3,(H,29,33)/b12-5+. The van der Waals surface area contributed by atoms with Gasteiger partial charge in [0.2, 0.25) is 11.7 Å². The zero-order chi connectivity index (χ0) is 25.5. The quantitative estimate of drug-likeness (QED) is 0.444. The van der Waals surface area contributed by atoms with E-state index in [1.165, 1.54) is 18.9 Å². The highest BCUT2D eigenvalue weighted by molar-refractivity contribution is 6.02. The summed E-state index contributed by atoms with van der Waals surface area (Å²) in [6.07, 6.45) is 5.52. The average molecular weight is 489 g/mol. The molecule has 1 aliphatic heterocycles.